The van der Waals surface area contributed by atoms with Crippen LogP contribution in [0, 0.1) is 5.82 Å². The maximum Gasteiger partial charge on any atom is 0.255 e. The molecule has 0 aliphatic carbocycles. The minimum Gasteiger partial charge on any atom is -0.384 e. The lowest BCUT2D eigenvalue weighted by molar-refractivity contribution is 0.102. The highest BCUT2D eigenvalue weighted by atomic mass is 79.9. The number of carbonyl (C=O) groups excluding carboxylic acids is 1. The van der Waals surface area contributed by atoms with Gasteiger partial charge in [-0.3, -0.25) is 4.79 Å². The van der Waals surface area contributed by atoms with E-state index >= 15 is 0 Å². The van der Waals surface area contributed by atoms with Crippen LogP contribution in [-0.4, -0.2) is 12.5 Å². The first-order valence-corrected chi connectivity index (χ1v) is 7.06. The molecule has 0 bridgehead atoms. The topological polar surface area (TPSA) is 41.1 Å². The summed E-state index contributed by atoms with van der Waals surface area (Å²) in [6, 6.07) is 9.93. The zero-order chi connectivity index (χ0) is 14.1. The second kappa shape index (κ2) is 5.25. The molecule has 0 radical (unpaired) electrons. The number of carbonyl (C=O) groups is 1. The number of hydrogen-bond acceptors (Lipinski definition) is 2. The predicted octanol–water partition coefficient (Wildman–Crippen LogP) is 3.81. The summed E-state index contributed by atoms with van der Waals surface area (Å²) in [6.45, 7) is 0.890. The van der Waals surface area contributed by atoms with Crippen LogP contribution >= 0.6 is 15.9 Å². The summed E-state index contributed by atoms with van der Waals surface area (Å²) in [5, 5.41) is 5.80. The SMILES string of the molecule is O=C(Nc1cc(Br)ccc1F)c1ccc2c(c1)NCC2. The normalized spacial score (nSPS) is 12.7. The van der Waals surface area contributed by atoms with Gasteiger partial charge in [0.25, 0.3) is 5.91 Å². The van der Waals surface area contributed by atoms with Gasteiger partial charge in [-0.05, 0) is 42.3 Å². The molecule has 2 aromatic carbocycles. The summed E-state index contributed by atoms with van der Waals surface area (Å²) in [4.78, 5) is 12.2. The third-order valence-electron chi connectivity index (χ3n) is 3.26. The lowest BCUT2D eigenvalue weighted by Crippen LogP contribution is -2.13. The van der Waals surface area contributed by atoms with Gasteiger partial charge in [0.15, 0.2) is 0 Å². The highest BCUT2D eigenvalue weighted by Crippen LogP contribution is 2.25. The van der Waals surface area contributed by atoms with E-state index in [4.69, 9.17) is 0 Å². The zero-order valence-electron chi connectivity index (χ0n) is 10.5. The highest BCUT2D eigenvalue weighted by Gasteiger charge is 2.14. The molecule has 0 unspecified atom stereocenters. The van der Waals surface area contributed by atoms with Gasteiger partial charge in [0.05, 0.1) is 5.69 Å². The quantitative estimate of drug-likeness (QED) is 0.876. The zero-order valence-corrected chi connectivity index (χ0v) is 12.1. The van der Waals surface area contributed by atoms with Gasteiger partial charge in [0, 0.05) is 22.3 Å². The molecule has 1 aliphatic heterocycles. The van der Waals surface area contributed by atoms with Crippen LogP contribution in [0.15, 0.2) is 40.9 Å². The average Bonchev–Trinajstić information content (AvgIpc) is 2.90. The molecule has 0 saturated carbocycles. The molecule has 0 atom stereocenters. The van der Waals surface area contributed by atoms with Crippen LogP contribution in [0.2, 0.25) is 0 Å². The van der Waals surface area contributed by atoms with Crippen molar-refractivity contribution in [2.45, 2.75) is 6.42 Å². The van der Waals surface area contributed by atoms with Gasteiger partial charge in [-0.2, -0.15) is 0 Å². The molecule has 2 aromatic rings. The van der Waals surface area contributed by atoms with Crippen molar-refractivity contribution >= 4 is 33.2 Å². The highest BCUT2D eigenvalue weighted by molar-refractivity contribution is 9.10. The summed E-state index contributed by atoms with van der Waals surface area (Å²) >= 11 is 3.26. The van der Waals surface area contributed by atoms with E-state index in [1.165, 1.54) is 11.6 Å². The van der Waals surface area contributed by atoms with Crippen LogP contribution < -0.4 is 10.6 Å². The van der Waals surface area contributed by atoms with Gasteiger partial charge in [0.1, 0.15) is 5.82 Å². The first kappa shape index (κ1) is 13.1. The molecule has 1 heterocycles. The first-order valence-electron chi connectivity index (χ1n) is 6.27. The lowest BCUT2D eigenvalue weighted by Gasteiger charge is -2.08. The van der Waals surface area contributed by atoms with Gasteiger partial charge >= 0.3 is 0 Å². The van der Waals surface area contributed by atoms with Gasteiger partial charge in [0.2, 0.25) is 0 Å². The van der Waals surface area contributed by atoms with Crippen LogP contribution in [0.25, 0.3) is 0 Å². The van der Waals surface area contributed by atoms with E-state index in [-0.39, 0.29) is 11.6 Å². The van der Waals surface area contributed by atoms with Gasteiger partial charge in [-0.15, -0.1) is 0 Å². The summed E-state index contributed by atoms with van der Waals surface area (Å²) in [6.07, 6.45) is 0.970. The maximum atomic E-state index is 13.6. The summed E-state index contributed by atoms with van der Waals surface area (Å²) in [7, 11) is 0. The van der Waals surface area contributed by atoms with Crippen molar-refractivity contribution in [3.63, 3.8) is 0 Å². The summed E-state index contributed by atoms with van der Waals surface area (Å²) in [5.74, 6) is -0.778. The Hall–Kier alpha value is -1.88. The molecule has 0 aromatic heterocycles. The Morgan fingerprint density at radius 3 is 2.95 bits per heavy atom. The Balaban J connectivity index is 1.84. The van der Waals surface area contributed by atoms with Gasteiger partial charge in [-0.25, -0.2) is 4.39 Å². The van der Waals surface area contributed by atoms with Crippen LogP contribution in [0.5, 0.6) is 0 Å². The van der Waals surface area contributed by atoms with Crippen LogP contribution in [-0.2, 0) is 6.42 Å². The predicted molar refractivity (Wildman–Crippen MR) is 80.7 cm³/mol. The second-order valence-corrected chi connectivity index (χ2v) is 5.54. The molecule has 3 nitrogen and oxygen atoms in total. The number of amides is 1. The van der Waals surface area contributed by atoms with Crippen LogP contribution in [0.1, 0.15) is 15.9 Å². The number of hydrogen-bond donors (Lipinski definition) is 2. The lowest BCUT2D eigenvalue weighted by atomic mass is 10.1. The molecule has 1 aliphatic rings. The number of nitrogens with one attached hydrogen (secondary N) is 2. The standard InChI is InChI=1S/C15H12BrFN2O/c16-11-3-4-12(17)14(8-11)19-15(20)10-2-1-9-5-6-18-13(9)7-10/h1-4,7-8,18H,5-6H2,(H,19,20). The molecular formula is C15H12BrFN2O. The molecule has 2 N–H and O–H groups in total. The third-order valence-corrected chi connectivity index (χ3v) is 3.75. The van der Waals surface area contributed by atoms with Gasteiger partial charge in [-0.1, -0.05) is 22.0 Å². The number of anilines is 2. The number of fused-ring (bicyclic) bond motifs is 1. The second-order valence-electron chi connectivity index (χ2n) is 4.63. The average molecular weight is 335 g/mol. The Morgan fingerprint density at radius 2 is 2.10 bits per heavy atom. The van der Waals surface area contributed by atoms with Crippen molar-refractivity contribution in [2.24, 2.45) is 0 Å². The van der Waals surface area contributed by atoms with Crippen LogP contribution in [0.3, 0.4) is 0 Å². The fourth-order valence-corrected chi connectivity index (χ4v) is 2.58. The molecule has 0 saturated heterocycles. The molecule has 5 heteroatoms. The van der Waals surface area contributed by atoms with Crippen molar-refractivity contribution in [1.82, 2.24) is 0 Å². The van der Waals surface area contributed by atoms with Crippen molar-refractivity contribution in [3.8, 4) is 0 Å². The fourth-order valence-electron chi connectivity index (χ4n) is 2.22. The first-order chi connectivity index (χ1) is 9.63. The van der Waals surface area contributed by atoms with Crippen molar-refractivity contribution < 1.29 is 9.18 Å². The van der Waals surface area contributed by atoms with Crippen molar-refractivity contribution in [2.75, 3.05) is 17.2 Å². The Kier molecular flexibility index (Phi) is 3.44. The molecule has 3 rings (SSSR count). The van der Waals surface area contributed by atoms with E-state index in [0.29, 0.717) is 10.0 Å². The van der Waals surface area contributed by atoms with E-state index < -0.39 is 5.82 Å². The van der Waals surface area contributed by atoms with E-state index in [1.54, 1.807) is 24.3 Å². The summed E-state index contributed by atoms with van der Waals surface area (Å²) in [5.41, 5.74) is 2.86. The number of rotatable bonds is 2. The van der Waals surface area contributed by atoms with Crippen LogP contribution in [0.4, 0.5) is 15.8 Å². The van der Waals surface area contributed by atoms with E-state index in [1.807, 2.05) is 6.07 Å². The van der Waals surface area contributed by atoms with E-state index in [9.17, 15) is 9.18 Å². The number of halogens is 2. The van der Waals surface area contributed by atoms with Gasteiger partial charge < -0.3 is 10.6 Å². The minimum absolute atomic E-state index is 0.165. The van der Waals surface area contributed by atoms with E-state index in [2.05, 4.69) is 26.6 Å². The third kappa shape index (κ3) is 2.54. The maximum absolute atomic E-state index is 13.6. The molecule has 1 amide bonds. The Bertz CT molecular complexity index is 688. The molecular weight excluding hydrogens is 323 g/mol. The Morgan fingerprint density at radius 1 is 1.25 bits per heavy atom. The van der Waals surface area contributed by atoms with Crippen molar-refractivity contribution in [3.05, 3.63) is 57.8 Å². The minimum atomic E-state index is -0.458. The molecule has 20 heavy (non-hydrogen) atoms. The fraction of sp³-hybridized carbons (Fsp3) is 0.133. The monoisotopic (exact) mass is 334 g/mol. The molecule has 102 valence electrons. The Labute approximate surface area is 124 Å². The molecule has 0 fully saturated rings. The molecule has 0 spiro atoms. The van der Waals surface area contributed by atoms with Crippen molar-refractivity contribution in [1.29, 1.82) is 0 Å². The largest absolute Gasteiger partial charge is 0.384 e. The number of benzene rings is 2. The smallest absolute Gasteiger partial charge is 0.255 e. The van der Waals surface area contributed by atoms with E-state index in [0.717, 1.165) is 18.7 Å². The summed E-state index contributed by atoms with van der Waals surface area (Å²) < 4.78 is 14.3.